The minimum atomic E-state index is 0.176. The summed E-state index contributed by atoms with van der Waals surface area (Å²) >= 11 is 1.24. The molecule has 1 heterocycles. The molecular weight excluding hydrogens is 160 g/mol. The molecule has 3 nitrogen and oxygen atoms in total. The minimum Gasteiger partial charge on any atom is -0.396 e. The quantitative estimate of drug-likeness (QED) is 0.731. The van der Waals surface area contributed by atoms with Gasteiger partial charge in [-0.25, -0.2) is 0 Å². The van der Waals surface area contributed by atoms with Crippen molar-refractivity contribution in [2.45, 2.75) is 19.3 Å². The second-order valence-electron chi connectivity index (χ2n) is 3.23. The Morgan fingerprint density at radius 1 is 1.64 bits per heavy atom. The van der Waals surface area contributed by atoms with Crippen LogP contribution in [0.3, 0.4) is 0 Å². The van der Waals surface area contributed by atoms with Crippen molar-refractivity contribution in [2.75, 3.05) is 6.61 Å². The van der Waals surface area contributed by atoms with Crippen molar-refractivity contribution in [3.05, 3.63) is 11.9 Å². The summed E-state index contributed by atoms with van der Waals surface area (Å²) in [7, 11) is 0. The Bertz CT molecular complexity index is 231. The maximum Gasteiger partial charge on any atom is 0.0749 e. The van der Waals surface area contributed by atoms with E-state index in [0.717, 1.165) is 25.0 Å². The Morgan fingerprint density at radius 2 is 2.45 bits per heavy atom. The van der Waals surface area contributed by atoms with Crippen LogP contribution in [-0.2, 0) is 6.42 Å². The highest BCUT2D eigenvalue weighted by molar-refractivity contribution is 6.99. The van der Waals surface area contributed by atoms with Gasteiger partial charge in [0, 0.05) is 13.0 Å². The molecule has 1 fully saturated rings. The van der Waals surface area contributed by atoms with E-state index < -0.39 is 0 Å². The number of rotatable bonds is 3. The average molecular weight is 170 g/mol. The predicted octanol–water partition coefficient (Wildman–Crippen LogP) is 0.853. The summed E-state index contributed by atoms with van der Waals surface area (Å²) in [6.45, 7) is 0.296. The number of hydrogen-bond acceptors (Lipinski definition) is 4. The van der Waals surface area contributed by atoms with E-state index in [1.54, 1.807) is 6.20 Å². The zero-order valence-electron chi connectivity index (χ0n) is 6.16. The molecule has 4 heteroatoms. The molecule has 1 aromatic rings. The normalized spacial score (nSPS) is 20.1. The molecule has 0 aliphatic heterocycles. The Kier molecular flexibility index (Phi) is 1.65. The fourth-order valence-electron chi connectivity index (χ4n) is 1.21. The number of aliphatic hydroxyl groups is 1. The Labute approximate surface area is 69.4 Å². The summed E-state index contributed by atoms with van der Waals surface area (Å²) in [6, 6.07) is 0. The summed E-state index contributed by atoms with van der Waals surface area (Å²) in [6.07, 6.45) is 4.97. The van der Waals surface area contributed by atoms with Crippen LogP contribution in [-0.4, -0.2) is 20.5 Å². The monoisotopic (exact) mass is 170 g/mol. The van der Waals surface area contributed by atoms with E-state index in [2.05, 4.69) is 8.75 Å². The van der Waals surface area contributed by atoms with Crippen LogP contribution in [0.5, 0.6) is 0 Å². The van der Waals surface area contributed by atoms with Crippen LogP contribution in [0.2, 0.25) is 0 Å². The molecular formula is C7H10N2OS. The standard InChI is InChI=1S/C7H10N2OS/c10-5-7(1-2-7)3-6-4-8-11-9-6/h4,10H,1-3,5H2. The highest BCUT2D eigenvalue weighted by atomic mass is 32.1. The van der Waals surface area contributed by atoms with Gasteiger partial charge in [0.25, 0.3) is 0 Å². The topological polar surface area (TPSA) is 46.0 Å². The van der Waals surface area contributed by atoms with Gasteiger partial charge in [0.15, 0.2) is 0 Å². The van der Waals surface area contributed by atoms with Gasteiger partial charge in [0.2, 0.25) is 0 Å². The van der Waals surface area contributed by atoms with Gasteiger partial charge in [0.05, 0.1) is 23.6 Å². The lowest BCUT2D eigenvalue weighted by atomic mass is 10.0. The van der Waals surface area contributed by atoms with E-state index in [-0.39, 0.29) is 5.41 Å². The van der Waals surface area contributed by atoms with Crippen molar-refractivity contribution in [3.8, 4) is 0 Å². The van der Waals surface area contributed by atoms with Crippen molar-refractivity contribution < 1.29 is 5.11 Å². The van der Waals surface area contributed by atoms with Crippen LogP contribution >= 0.6 is 11.7 Å². The van der Waals surface area contributed by atoms with E-state index >= 15 is 0 Å². The summed E-state index contributed by atoms with van der Waals surface area (Å²) in [5.41, 5.74) is 1.21. The second-order valence-corrected chi connectivity index (χ2v) is 3.79. The first-order valence-corrected chi connectivity index (χ1v) is 4.45. The van der Waals surface area contributed by atoms with Crippen molar-refractivity contribution in [2.24, 2.45) is 5.41 Å². The Hall–Kier alpha value is -0.480. The highest BCUT2D eigenvalue weighted by Crippen LogP contribution is 2.47. The maximum absolute atomic E-state index is 9.01. The van der Waals surface area contributed by atoms with Crippen LogP contribution < -0.4 is 0 Å². The molecule has 0 radical (unpaired) electrons. The van der Waals surface area contributed by atoms with E-state index in [9.17, 15) is 0 Å². The van der Waals surface area contributed by atoms with Gasteiger partial charge in [-0.1, -0.05) is 0 Å². The largest absolute Gasteiger partial charge is 0.396 e. The van der Waals surface area contributed by atoms with Crippen LogP contribution in [0.15, 0.2) is 6.20 Å². The van der Waals surface area contributed by atoms with Gasteiger partial charge in [0.1, 0.15) is 0 Å². The van der Waals surface area contributed by atoms with Gasteiger partial charge in [-0.2, -0.15) is 8.75 Å². The smallest absolute Gasteiger partial charge is 0.0749 e. The van der Waals surface area contributed by atoms with Crippen molar-refractivity contribution in [1.29, 1.82) is 0 Å². The van der Waals surface area contributed by atoms with Gasteiger partial charge >= 0.3 is 0 Å². The summed E-state index contributed by atoms with van der Waals surface area (Å²) in [4.78, 5) is 0. The second kappa shape index (κ2) is 2.53. The molecule has 1 aliphatic rings. The SMILES string of the molecule is OCC1(Cc2cnsn2)CC1. The molecule has 0 atom stereocenters. The predicted molar refractivity (Wildman–Crippen MR) is 42.4 cm³/mol. The van der Waals surface area contributed by atoms with E-state index in [1.807, 2.05) is 0 Å². The molecule has 1 N–H and O–H groups in total. The molecule has 2 rings (SSSR count). The van der Waals surface area contributed by atoms with Crippen LogP contribution in [0.25, 0.3) is 0 Å². The zero-order valence-corrected chi connectivity index (χ0v) is 6.97. The van der Waals surface area contributed by atoms with Crippen LogP contribution in [0.1, 0.15) is 18.5 Å². The molecule has 1 saturated carbocycles. The zero-order chi connectivity index (χ0) is 7.73. The fraction of sp³-hybridized carbons (Fsp3) is 0.714. The van der Waals surface area contributed by atoms with Crippen molar-refractivity contribution in [3.63, 3.8) is 0 Å². The Balaban J connectivity index is 2.01. The molecule has 0 unspecified atom stereocenters. The number of nitrogens with zero attached hydrogens (tertiary/aromatic N) is 2. The summed E-state index contributed by atoms with van der Waals surface area (Å²) in [5, 5.41) is 9.01. The van der Waals surface area contributed by atoms with Gasteiger partial charge in [-0.05, 0) is 18.3 Å². The van der Waals surface area contributed by atoms with Crippen molar-refractivity contribution >= 4 is 11.7 Å². The number of aliphatic hydroxyl groups excluding tert-OH is 1. The lowest BCUT2D eigenvalue weighted by Gasteiger charge is -2.06. The lowest BCUT2D eigenvalue weighted by molar-refractivity contribution is 0.210. The molecule has 11 heavy (non-hydrogen) atoms. The third kappa shape index (κ3) is 1.41. The molecule has 0 saturated heterocycles. The summed E-state index contributed by atoms with van der Waals surface area (Å²) < 4.78 is 8.03. The maximum atomic E-state index is 9.01. The average Bonchev–Trinajstić information content (AvgIpc) is 2.59. The summed E-state index contributed by atoms with van der Waals surface area (Å²) in [5.74, 6) is 0. The van der Waals surface area contributed by atoms with E-state index in [0.29, 0.717) is 6.61 Å². The first kappa shape index (κ1) is 7.18. The molecule has 60 valence electrons. The minimum absolute atomic E-state index is 0.176. The van der Waals surface area contributed by atoms with Gasteiger partial charge in [-0.3, -0.25) is 0 Å². The van der Waals surface area contributed by atoms with Crippen LogP contribution in [0.4, 0.5) is 0 Å². The number of aromatic nitrogens is 2. The third-order valence-corrected chi connectivity index (χ3v) is 2.77. The molecule has 1 aliphatic carbocycles. The molecule has 0 aromatic carbocycles. The molecule has 1 aromatic heterocycles. The molecule has 0 spiro atoms. The molecule has 0 bridgehead atoms. The first-order valence-electron chi connectivity index (χ1n) is 3.72. The van der Waals surface area contributed by atoms with Gasteiger partial charge < -0.3 is 5.11 Å². The van der Waals surface area contributed by atoms with E-state index in [1.165, 1.54) is 11.7 Å². The van der Waals surface area contributed by atoms with E-state index in [4.69, 9.17) is 5.11 Å². The first-order chi connectivity index (χ1) is 5.35. The third-order valence-electron chi connectivity index (χ3n) is 2.26. The van der Waals surface area contributed by atoms with Crippen molar-refractivity contribution in [1.82, 2.24) is 8.75 Å². The number of hydrogen-bond donors (Lipinski definition) is 1. The highest BCUT2D eigenvalue weighted by Gasteiger charge is 2.42. The Morgan fingerprint density at radius 3 is 2.91 bits per heavy atom. The fourth-order valence-corrected chi connectivity index (χ4v) is 1.65. The van der Waals surface area contributed by atoms with Gasteiger partial charge in [-0.15, -0.1) is 0 Å². The van der Waals surface area contributed by atoms with Crippen LogP contribution in [0, 0.1) is 5.41 Å². The lowest BCUT2D eigenvalue weighted by Crippen LogP contribution is -2.09. The molecule has 0 amide bonds.